The summed E-state index contributed by atoms with van der Waals surface area (Å²) in [4.78, 5) is 11.1. The summed E-state index contributed by atoms with van der Waals surface area (Å²) in [5, 5.41) is 10.7. The molecule has 1 rings (SSSR count). The van der Waals surface area contributed by atoms with Crippen molar-refractivity contribution in [1.82, 2.24) is 0 Å². The summed E-state index contributed by atoms with van der Waals surface area (Å²) in [6.07, 6.45) is -1.06. The number of hydrogen-bond acceptors (Lipinski definition) is 3. The van der Waals surface area contributed by atoms with Crippen LogP contribution in [-0.2, 0) is 0 Å². The zero-order valence-electron chi connectivity index (χ0n) is 6.02. The summed E-state index contributed by atoms with van der Waals surface area (Å²) in [6, 6.07) is 7.07. The maximum Gasteiger partial charge on any atom is 0.409 e. The number of thiol groups is 1. The van der Waals surface area contributed by atoms with Crippen LogP contribution >= 0.6 is 22.5 Å². The van der Waals surface area contributed by atoms with Crippen molar-refractivity contribution < 1.29 is 9.90 Å². The van der Waals surface area contributed by atoms with Gasteiger partial charge in [0.2, 0.25) is 0 Å². The monoisotopic (exact) mass is 201 g/mol. The van der Waals surface area contributed by atoms with Crippen molar-refractivity contribution in [3.8, 4) is 0 Å². The highest BCUT2D eigenvalue weighted by Gasteiger charge is 2.02. The summed E-state index contributed by atoms with van der Waals surface area (Å²) in [6.45, 7) is 0. The number of rotatable bonds is 2. The molecule has 64 valence electrons. The van der Waals surface area contributed by atoms with Crippen LogP contribution in [0.25, 0.3) is 0 Å². The van der Waals surface area contributed by atoms with E-state index >= 15 is 0 Å². The van der Waals surface area contributed by atoms with Gasteiger partial charge >= 0.3 is 6.09 Å². The van der Waals surface area contributed by atoms with E-state index in [0.29, 0.717) is 5.69 Å². The van der Waals surface area contributed by atoms with Crippen LogP contribution in [0.3, 0.4) is 0 Å². The molecule has 0 unspecified atom stereocenters. The third-order valence-electron chi connectivity index (χ3n) is 1.23. The molecule has 1 aromatic rings. The van der Waals surface area contributed by atoms with Gasteiger partial charge in [0.15, 0.2) is 0 Å². The molecule has 12 heavy (non-hydrogen) atoms. The number of nitrogens with one attached hydrogen (secondary N) is 1. The molecule has 3 nitrogen and oxygen atoms in total. The van der Waals surface area contributed by atoms with Crippen molar-refractivity contribution in [3.05, 3.63) is 24.3 Å². The predicted octanol–water partition coefficient (Wildman–Crippen LogP) is 2.71. The molecule has 0 spiro atoms. The Morgan fingerprint density at radius 3 is 2.75 bits per heavy atom. The minimum atomic E-state index is -1.06. The number of carbonyl (C=O) groups is 1. The fraction of sp³-hybridized carbons (Fsp3) is 0. The predicted molar refractivity (Wildman–Crippen MR) is 52.9 cm³/mol. The molecule has 0 atom stereocenters. The lowest BCUT2D eigenvalue weighted by atomic mass is 10.3. The standard InChI is InChI=1S/C7H7NO2S2/c9-7(10)8-5-3-1-2-4-6(5)12-11/h1-4,8,11H,(H,9,10). The van der Waals surface area contributed by atoms with Crippen molar-refractivity contribution >= 4 is 34.2 Å². The third-order valence-corrected chi connectivity index (χ3v) is 2.37. The zero-order valence-corrected chi connectivity index (χ0v) is 7.73. The van der Waals surface area contributed by atoms with Crippen LogP contribution in [0.5, 0.6) is 0 Å². The first-order valence-electron chi connectivity index (χ1n) is 3.14. The number of para-hydroxylation sites is 1. The second-order valence-electron chi connectivity index (χ2n) is 2.02. The molecular weight excluding hydrogens is 194 g/mol. The van der Waals surface area contributed by atoms with E-state index in [1.54, 1.807) is 18.2 Å². The Hall–Kier alpha value is -0.810. The highest BCUT2D eigenvalue weighted by molar-refractivity contribution is 8.68. The molecule has 0 bridgehead atoms. The highest BCUT2D eigenvalue weighted by Crippen LogP contribution is 2.28. The van der Waals surface area contributed by atoms with E-state index in [9.17, 15) is 4.79 Å². The first kappa shape index (κ1) is 9.28. The average Bonchev–Trinajstić information content (AvgIpc) is 2.04. The summed E-state index contributed by atoms with van der Waals surface area (Å²) in [5.41, 5.74) is 0.560. The third kappa shape index (κ3) is 2.35. The molecule has 2 N–H and O–H groups in total. The van der Waals surface area contributed by atoms with Gasteiger partial charge in [-0.15, -0.1) is 11.7 Å². The maximum atomic E-state index is 10.3. The smallest absolute Gasteiger partial charge is 0.409 e. The van der Waals surface area contributed by atoms with Gasteiger partial charge in [0.1, 0.15) is 0 Å². The lowest BCUT2D eigenvalue weighted by Crippen LogP contribution is -2.07. The van der Waals surface area contributed by atoms with E-state index in [2.05, 4.69) is 17.0 Å². The first-order valence-corrected chi connectivity index (χ1v) is 5.01. The Morgan fingerprint density at radius 1 is 1.50 bits per heavy atom. The average molecular weight is 201 g/mol. The molecule has 0 aliphatic carbocycles. The molecule has 0 aromatic heterocycles. The summed E-state index contributed by atoms with van der Waals surface area (Å²) >= 11 is 3.99. The summed E-state index contributed by atoms with van der Waals surface area (Å²) in [7, 11) is 1.21. The Kier molecular flexibility index (Phi) is 3.31. The van der Waals surface area contributed by atoms with Crippen molar-refractivity contribution in [2.45, 2.75) is 4.90 Å². The topological polar surface area (TPSA) is 49.3 Å². The summed E-state index contributed by atoms with van der Waals surface area (Å²) < 4.78 is 0. The Morgan fingerprint density at radius 2 is 2.17 bits per heavy atom. The van der Waals surface area contributed by atoms with Crippen LogP contribution in [0.2, 0.25) is 0 Å². The highest BCUT2D eigenvalue weighted by atomic mass is 33.1. The van der Waals surface area contributed by atoms with Crippen molar-refractivity contribution in [3.63, 3.8) is 0 Å². The maximum absolute atomic E-state index is 10.3. The molecule has 0 saturated carbocycles. The van der Waals surface area contributed by atoms with Crippen LogP contribution in [0.4, 0.5) is 10.5 Å². The van der Waals surface area contributed by atoms with Gasteiger partial charge in [-0.1, -0.05) is 22.9 Å². The number of carboxylic acid groups (broad SMARTS) is 1. The first-order chi connectivity index (χ1) is 5.74. The van der Waals surface area contributed by atoms with Crippen molar-refractivity contribution in [1.29, 1.82) is 0 Å². The SMILES string of the molecule is O=C(O)Nc1ccccc1SS. The quantitative estimate of drug-likeness (QED) is 0.509. The molecule has 0 aliphatic rings. The van der Waals surface area contributed by atoms with Gasteiger partial charge in [-0.2, -0.15) is 0 Å². The van der Waals surface area contributed by atoms with E-state index in [0.717, 1.165) is 4.90 Å². The summed E-state index contributed by atoms with van der Waals surface area (Å²) in [5.74, 6) is 0. The number of amides is 1. The molecular formula is C7H7NO2S2. The lowest BCUT2D eigenvalue weighted by Gasteiger charge is -2.04. The minimum absolute atomic E-state index is 0.560. The zero-order chi connectivity index (χ0) is 8.97. The largest absolute Gasteiger partial charge is 0.465 e. The van der Waals surface area contributed by atoms with E-state index in [-0.39, 0.29) is 0 Å². The molecule has 0 saturated heterocycles. The fourth-order valence-corrected chi connectivity index (χ4v) is 1.60. The van der Waals surface area contributed by atoms with Gasteiger partial charge in [0.05, 0.1) is 5.69 Å². The second kappa shape index (κ2) is 4.27. The van der Waals surface area contributed by atoms with Crippen LogP contribution in [0.15, 0.2) is 29.2 Å². The molecule has 0 fully saturated rings. The second-order valence-corrected chi connectivity index (χ2v) is 3.19. The molecule has 1 amide bonds. The Labute approximate surface area is 79.0 Å². The van der Waals surface area contributed by atoms with Gasteiger partial charge in [-0.3, -0.25) is 5.32 Å². The van der Waals surface area contributed by atoms with Gasteiger partial charge in [0.25, 0.3) is 0 Å². The van der Waals surface area contributed by atoms with Gasteiger partial charge < -0.3 is 5.11 Å². The van der Waals surface area contributed by atoms with Crippen LogP contribution in [-0.4, -0.2) is 11.2 Å². The van der Waals surface area contributed by atoms with Gasteiger partial charge in [-0.25, -0.2) is 4.79 Å². The molecule has 0 heterocycles. The number of benzene rings is 1. The van der Waals surface area contributed by atoms with Crippen LogP contribution < -0.4 is 5.32 Å². The minimum Gasteiger partial charge on any atom is -0.465 e. The van der Waals surface area contributed by atoms with Gasteiger partial charge in [0, 0.05) is 4.90 Å². The normalized spacial score (nSPS) is 9.42. The van der Waals surface area contributed by atoms with E-state index in [4.69, 9.17) is 5.11 Å². The van der Waals surface area contributed by atoms with E-state index < -0.39 is 6.09 Å². The van der Waals surface area contributed by atoms with Crippen LogP contribution in [0, 0.1) is 0 Å². The Bertz CT molecular complexity index is 290. The number of anilines is 1. The lowest BCUT2D eigenvalue weighted by molar-refractivity contribution is 0.209. The number of hydrogen-bond donors (Lipinski definition) is 3. The Balaban J connectivity index is 2.89. The van der Waals surface area contributed by atoms with Gasteiger partial charge in [-0.05, 0) is 12.1 Å². The van der Waals surface area contributed by atoms with E-state index in [1.165, 1.54) is 10.8 Å². The van der Waals surface area contributed by atoms with Crippen molar-refractivity contribution in [2.75, 3.05) is 5.32 Å². The van der Waals surface area contributed by atoms with E-state index in [1.807, 2.05) is 6.07 Å². The van der Waals surface area contributed by atoms with Crippen LogP contribution in [0.1, 0.15) is 0 Å². The molecule has 5 heteroatoms. The fourth-order valence-electron chi connectivity index (χ4n) is 0.765. The molecule has 1 aromatic carbocycles. The van der Waals surface area contributed by atoms with Crippen molar-refractivity contribution in [2.24, 2.45) is 0 Å². The molecule has 0 radical (unpaired) electrons. The molecule has 0 aliphatic heterocycles.